The van der Waals surface area contributed by atoms with E-state index >= 15 is 0 Å². The Morgan fingerprint density at radius 3 is 2.95 bits per heavy atom. The average Bonchev–Trinajstić information content (AvgIpc) is 2.64. The molecule has 1 aromatic carbocycles. The Hall–Kier alpha value is -1.59. The maximum atomic E-state index is 12.5. The summed E-state index contributed by atoms with van der Waals surface area (Å²) in [4.78, 5) is 15.0. The first kappa shape index (κ1) is 12.4. The molecule has 4 nitrogen and oxygen atoms in total. The van der Waals surface area contributed by atoms with Crippen molar-refractivity contribution in [1.29, 1.82) is 0 Å². The van der Waals surface area contributed by atoms with Gasteiger partial charge in [0.25, 0.3) is 5.91 Å². The first-order chi connectivity index (χ1) is 9.27. The van der Waals surface area contributed by atoms with Gasteiger partial charge in [0.2, 0.25) is 0 Å². The molecule has 1 saturated heterocycles. The van der Waals surface area contributed by atoms with Gasteiger partial charge in [0, 0.05) is 29.8 Å². The lowest BCUT2D eigenvalue weighted by molar-refractivity contribution is 0.0747. The molecule has 0 aliphatic carbocycles. The van der Waals surface area contributed by atoms with Crippen LogP contribution in [0.5, 0.6) is 0 Å². The van der Waals surface area contributed by atoms with E-state index in [1.54, 1.807) is 0 Å². The lowest BCUT2D eigenvalue weighted by Gasteiger charge is -2.18. The monoisotopic (exact) mass is 276 g/mol. The lowest BCUT2D eigenvalue weighted by atomic mass is 10.2. The summed E-state index contributed by atoms with van der Waals surface area (Å²) in [7, 11) is 0. The van der Waals surface area contributed by atoms with Gasteiger partial charge in [-0.2, -0.15) is 0 Å². The van der Waals surface area contributed by atoms with Crippen LogP contribution in [0, 0.1) is 0 Å². The van der Waals surface area contributed by atoms with E-state index in [1.165, 1.54) is 11.3 Å². The number of benzene rings is 1. The van der Waals surface area contributed by atoms with Gasteiger partial charge in [0.15, 0.2) is 0 Å². The number of carbonyl (C=O) groups excluding carboxylic acids is 1. The molecule has 2 aromatic rings. The Bertz CT molecular complexity index is 601. The van der Waals surface area contributed by atoms with Crippen LogP contribution in [-0.4, -0.2) is 37.1 Å². The van der Waals surface area contributed by atoms with E-state index in [-0.39, 0.29) is 5.91 Å². The van der Waals surface area contributed by atoms with E-state index in [4.69, 9.17) is 10.5 Å². The first-order valence-corrected chi connectivity index (χ1v) is 7.23. The number of nitrogens with two attached hydrogens (primary N) is 1. The highest BCUT2D eigenvalue weighted by Crippen LogP contribution is 2.34. The van der Waals surface area contributed by atoms with Crippen molar-refractivity contribution < 1.29 is 9.53 Å². The quantitative estimate of drug-likeness (QED) is 0.870. The maximum Gasteiger partial charge on any atom is 0.266 e. The number of nitrogens with zero attached hydrogens (tertiary/aromatic N) is 1. The van der Waals surface area contributed by atoms with Gasteiger partial charge < -0.3 is 15.4 Å². The van der Waals surface area contributed by atoms with Crippen LogP contribution in [0.3, 0.4) is 0 Å². The molecule has 0 unspecified atom stereocenters. The van der Waals surface area contributed by atoms with E-state index in [0.717, 1.165) is 29.7 Å². The molecule has 0 bridgehead atoms. The highest BCUT2D eigenvalue weighted by molar-refractivity contribution is 7.21. The van der Waals surface area contributed by atoms with Crippen LogP contribution in [0.2, 0.25) is 0 Å². The van der Waals surface area contributed by atoms with E-state index in [1.807, 2.05) is 29.2 Å². The lowest BCUT2D eigenvalue weighted by Crippen LogP contribution is -2.33. The fraction of sp³-hybridized carbons (Fsp3) is 0.357. The zero-order valence-corrected chi connectivity index (χ0v) is 11.4. The molecule has 0 spiro atoms. The molecule has 5 heteroatoms. The molecule has 2 N–H and O–H groups in total. The Labute approximate surface area is 115 Å². The van der Waals surface area contributed by atoms with Crippen LogP contribution in [0.1, 0.15) is 16.1 Å². The molecular formula is C14H16N2O2S. The molecule has 1 fully saturated rings. The molecule has 1 aromatic heterocycles. The third-order valence-corrected chi connectivity index (χ3v) is 4.51. The average molecular weight is 276 g/mol. The number of thiophene rings is 1. The molecule has 19 heavy (non-hydrogen) atoms. The molecule has 1 amide bonds. The number of nitrogen functional groups attached to an aromatic ring is 1. The third kappa shape index (κ3) is 2.31. The molecule has 0 atom stereocenters. The van der Waals surface area contributed by atoms with Gasteiger partial charge in [-0.25, -0.2) is 0 Å². The van der Waals surface area contributed by atoms with Crippen molar-refractivity contribution in [2.75, 3.05) is 32.0 Å². The summed E-state index contributed by atoms with van der Waals surface area (Å²) in [5, 5.41) is 0.974. The van der Waals surface area contributed by atoms with Crippen LogP contribution in [0.4, 0.5) is 5.69 Å². The Morgan fingerprint density at radius 1 is 1.26 bits per heavy atom. The summed E-state index contributed by atoms with van der Waals surface area (Å²) < 4.78 is 6.44. The van der Waals surface area contributed by atoms with Crippen molar-refractivity contribution in [2.24, 2.45) is 0 Å². The smallest absolute Gasteiger partial charge is 0.266 e. The van der Waals surface area contributed by atoms with Gasteiger partial charge in [-0.3, -0.25) is 4.79 Å². The van der Waals surface area contributed by atoms with Gasteiger partial charge >= 0.3 is 0 Å². The van der Waals surface area contributed by atoms with E-state index in [9.17, 15) is 4.79 Å². The van der Waals surface area contributed by atoms with Gasteiger partial charge in [0.05, 0.1) is 12.3 Å². The highest BCUT2D eigenvalue weighted by atomic mass is 32.1. The van der Waals surface area contributed by atoms with Crippen molar-refractivity contribution in [3.05, 3.63) is 29.1 Å². The SMILES string of the molecule is Nc1c(C(=O)N2CCCOCC2)sc2ccccc12. The molecule has 1 aliphatic rings. The molecule has 1 aliphatic heterocycles. The van der Waals surface area contributed by atoms with Crippen molar-refractivity contribution in [3.63, 3.8) is 0 Å². The fourth-order valence-corrected chi connectivity index (χ4v) is 3.41. The third-order valence-electron chi connectivity index (χ3n) is 3.34. The van der Waals surface area contributed by atoms with Crippen LogP contribution in [0.25, 0.3) is 10.1 Å². The van der Waals surface area contributed by atoms with Gasteiger partial charge in [0.1, 0.15) is 4.88 Å². The number of hydrogen-bond donors (Lipinski definition) is 1. The first-order valence-electron chi connectivity index (χ1n) is 6.41. The second kappa shape index (κ2) is 5.19. The maximum absolute atomic E-state index is 12.5. The molecule has 0 saturated carbocycles. The normalized spacial score (nSPS) is 16.5. The standard InChI is InChI=1S/C14H16N2O2S/c15-12-10-4-1-2-5-11(10)19-13(12)14(17)16-6-3-8-18-9-7-16/h1-2,4-5H,3,6-9,15H2. The molecular weight excluding hydrogens is 260 g/mol. The van der Waals surface area contributed by atoms with E-state index in [0.29, 0.717) is 23.7 Å². The molecule has 100 valence electrons. The Kier molecular flexibility index (Phi) is 3.40. The van der Waals surface area contributed by atoms with Crippen LogP contribution < -0.4 is 5.73 Å². The summed E-state index contributed by atoms with van der Waals surface area (Å²) in [6.07, 6.45) is 0.885. The largest absolute Gasteiger partial charge is 0.397 e. The summed E-state index contributed by atoms with van der Waals surface area (Å²) in [5.41, 5.74) is 6.72. The van der Waals surface area contributed by atoms with Crippen molar-refractivity contribution in [1.82, 2.24) is 4.90 Å². The molecule has 3 rings (SSSR count). The number of rotatable bonds is 1. The summed E-state index contributed by atoms with van der Waals surface area (Å²) in [6.45, 7) is 2.72. The van der Waals surface area contributed by atoms with Gasteiger partial charge in [-0.15, -0.1) is 11.3 Å². The Morgan fingerprint density at radius 2 is 2.11 bits per heavy atom. The zero-order chi connectivity index (χ0) is 13.2. The van der Waals surface area contributed by atoms with Crippen LogP contribution in [-0.2, 0) is 4.74 Å². The van der Waals surface area contributed by atoms with Gasteiger partial charge in [-0.1, -0.05) is 18.2 Å². The van der Waals surface area contributed by atoms with Crippen LogP contribution in [0.15, 0.2) is 24.3 Å². The van der Waals surface area contributed by atoms with E-state index in [2.05, 4.69) is 0 Å². The fourth-order valence-electron chi connectivity index (χ4n) is 2.32. The minimum atomic E-state index is 0.0317. The predicted octanol–water partition coefficient (Wildman–Crippen LogP) is 2.35. The minimum absolute atomic E-state index is 0.0317. The molecule has 2 heterocycles. The summed E-state index contributed by atoms with van der Waals surface area (Å²) in [5.74, 6) is 0.0317. The summed E-state index contributed by atoms with van der Waals surface area (Å²) in [6, 6.07) is 7.87. The molecule has 0 radical (unpaired) electrons. The highest BCUT2D eigenvalue weighted by Gasteiger charge is 2.22. The topological polar surface area (TPSA) is 55.6 Å². The van der Waals surface area contributed by atoms with Crippen LogP contribution >= 0.6 is 11.3 Å². The summed E-state index contributed by atoms with van der Waals surface area (Å²) >= 11 is 1.48. The second-order valence-corrected chi connectivity index (χ2v) is 5.65. The van der Waals surface area contributed by atoms with Crippen molar-refractivity contribution in [3.8, 4) is 0 Å². The number of amides is 1. The zero-order valence-electron chi connectivity index (χ0n) is 10.6. The van der Waals surface area contributed by atoms with E-state index < -0.39 is 0 Å². The van der Waals surface area contributed by atoms with Crippen molar-refractivity contribution >= 4 is 33.0 Å². The second-order valence-electron chi connectivity index (χ2n) is 4.60. The predicted molar refractivity (Wildman–Crippen MR) is 77.6 cm³/mol. The minimum Gasteiger partial charge on any atom is -0.397 e. The van der Waals surface area contributed by atoms with Gasteiger partial charge in [-0.05, 0) is 12.5 Å². The number of hydrogen-bond acceptors (Lipinski definition) is 4. The number of carbonyl (C=O) groups is 1. The number of ether oxygens (including phenoxy) is 1. The van der Waals surface area contributed by atoms with Crippen molar-refractivity contribution in [2.45, 2.75) is 6.42 Å². The number of anilines is 1. The number of fused-ring (bicyclic) bond motifs is 1. The Balaban J connectivity index is 1.94.